The van der Waals surface area contributed by atoms with Crippen LogP contribution in [0.5, 0.6) is 0 Å². The Morgan fingerprint density at radius 2 is 2.04 bits per heavy atom. The van der Waals surface area contributed by atoms with Gasteiger partial charge in [-0.05, 0) is 57.2 Å². The Balaban J connectivity index is 1.31. The van der Waals surface area contributed by atoms with Crippen molar-refractivity contribution in [2.75, 3.05) is 13.1 Å². The Kier molecular flexibility index (Phi) is 4.47. The van der Waals surface area contributed by atoms with Crippen LogP contribution < -0.4 is 5.56 Å². The number of hydrogen-bond donors (Lipinski definition) is 0. The molecule has 2 aromatic rings. The van der Waals surface area contributed by atoms with Gasteiger partial charge in [0.1, 0.15) is 0 Å². The van der Waals surface area contributed by atoms with Crippen LogP contribution in [0.2, 0.25) is 0 Å². The first kappa shape index (κ1) is 15.6. The zero-order valence-corrected chi connectivity index (χ0v) is 14.1. The molecule has 0 spiro atoms. The molecule has 0 bridgehead atoms. The molecule has 2 aliphatic heterocycles. The van der Waals surface area contributed by atoms with Gasteiger partial charge in [0.2, 0.25) is 0 Å². The zero-order chi connectivity index (χ0) is 16.4. The van der Waals surface area contributed by atoms with Crippen molar-refractivity contribution in [1.29, 1.82) is 0 Å². The molecule has 1 saturated heterocycles. The van der Waals surface area contributed by atoms with Crippen molar-refractivity contribution in [3.8, 4) is 0 Å². The van der Waals surface area contributed by atoms with Crippen LogP contribution in [0.4, 0.5) is 0 Å². The Morgan fingerprint density at radius 3 is 2.83 bits per heavy atom. The minimum Gasteiger partial charge on any atom is -0.299 e. The third-order valence-electron chi connectivity index (χ3n) is 5.31. The summed E-state index contributed by atoms with van der Waals surface area (Å²) in [5, 5.41) is 4.76. The molecule has 24 heavy (non-hydrogen) atoms. The number of aromatic nitrogens is 4. The van der Waals surface area contributed by atoms with Gasteiger partial charge in [-0.3, -0.25) is 18.9 Å². The molecule has 0 atom stereocenters. The fraction of sp³-hybridized carbons (Fsp3) is 0.611. The van der Waals surface area contributed by atoms with Crippen LogP contribution in [-0.4, -0.2) is 37.3 Å². The monoisotopic (exact) mass is 327 g/mol. The number of likely N-dealkylation sites (tertiary alicyclic amines) is 1. The average Bonchev–Trinajstić information content (AvgIpc) is 3.01. The van der Waals surface area contributed by atoms with Crippen molar-refractivity contribution in [3.05, 3.63) is 46.4 Å². The van der Waals surface area contributed by atoms with E-state index in [4.69, 9.17) is 5.10 Å². The van der Waals surface area contributed by atoms with Crippen LogP contribution in [0.25, 0.3) is 0 Å². The third-order valence-corrected chi connectivity index (χ3v) is 5.31. The molecule has 6 nitrogen and oxygen atoms in total. The summed E-state index contributed by atoms with van der Waals surface area (Å²) in [4.78, 5) is 18.3. The van der Waals surface area contributed by atoms with Gasteiger partial charge in [0.05, 0.1) is 12.0 Å². The van der Waals surface area contributed by atoms with E-state index in [-0.39, 0.29) is 5.56 Å². The molecule has 0 aliphatic carbocycles. The molecule has 2 aliphatic rings. The molecule has 4 rings (SSSR count). The molecule has 2 aromatic heterocycles. The van der Waals surface area contributed by atoms with Crippen LogP contribution in [0.15, 0.2) is 29.5 Å². The van der Waals surface area contributed by atoms with Gasteiger partial charge in [-0.1, -0.05) is 0 Å². The molecule has 0 radical (unpaired) electrons. The second-order valence-electron chi connectivity index (χ2n) is 7.10. The molecule has 4 heterocycles. The van der Waals surface area contributed by atoms with Crippen LogP contribution in [0.3, 0.4) is 0 Å². The summed E-state index contributed by atoms with van der Waals surface area (Å²) in [6.45, 7) is 5.00. The summed E-state index contributed by atoms with van der Waals surface area (Å²) in [6.07, 6.45) is 9.21. The largest absolute Gasteiger partial charge is 0.299 e. The molecule has 1 fully saturated rings. The summed E-state index contributed by atoms with van der Waals surface area (Å²) in [6, 6.07) is 3.83. The summed E-state index contributed by atoms with van der Waals surface area (Å²) in [5.41, 5.74) is 2.67. The summed E-state index contributed by atoms with van der Waals surface area (Å²) < 4.78 is 3.93. The van der Waals surface area contributed by atoms with Crippen molar-refractivity contribution >= 4 is 0 Å². The molecule has 0 N–H and O–H groups in total. The number of nitrogens with zero attached hydrogens (tertiary/aromatic N) is 5. The predicted molar refractivity (Wildman–Crippen MR) is 91.7 cm³/mol. The molecule has 0 saturated carbocycles. The first-order chi connectivity index (χ1) is 11.8. The normalized spacial score (nSPS) is 19.3. The van der Waals surface area contributed by atoms with E-state index in [0.717, 1.165) is 45.6 Å². The van der Waals surface area contributed by atoms with Crippen LogP contribution in [0, 0.1) is 5.92 Å². The molecular formula is C18H25N5O. The smallest absolute Gasteiger partial charge is 0.253 e. The van der Waals surface area contributed by atoms with E-state index in [9.17, 15) is 4.79 Å². The van der Waals surface area contributed by atoms with Crippen molar-refractivity contribution in [1.82, 2.24) is 24.2 Å². The van der Waals surface area contributed by atoms with E-state index in [2.05, 4.69) is 20.6 Å². The highest BCUT2D eigenvalue weighted by atomic mass is 16.1. The lowest BCUT2D eigenvalue weighted by atomic mass is 9.96. The van der Waals surface area contributed by atoms with E-state index < -0.39 is 0 Å². The first-order valence-electron chi connectivity index (χ1n) is 9.06. The van der Waals surface area contributed by atoms with Gasteiger partial charge in [0.15, 0.2) is 0 Å². The maximum absolute atomic E-state index is 11.8. The van der Waals surface area contributed by atoms with Crippen LogP contribution in [-0.2, 0) is 26.1 Å². The number of aryl methyl sites for hydroxylation is 2. The highest BCUT2D eigenvalue weighted by Crippen LogP contribution is 2.21. The third kappa shape index (κ3) is 3.43. The maximum atomic E-state index is 11.8. The fourth-order valence-electron chi connectivity index (χ4n) is 3.90. The van der Waals surface area contributed by atoms with E-state index >= 15 is 0 Å². The molecular weight excluding hydrogens is 302 g/mol. The second-order valence-corrected chi connectivity index (χ2v) is 7.10. The number of fused-ring (bicyclic) bond motifs is 1. The van der Waals surface area contributed by atoms with Gasteiger partial charge in [-0.2, -0.15) is 5.10 Å². The van der Waals surface area contributed by atoms with Gasteiger partial charge in [-0.15, -0.1) is 0 Å². The maximum Gasteiger partial charge on any atom is 0.253 e. The van der Waals surface area contributed by atoms with E-state index in [1.165, 1.54) is 36.7 Å². The van der Waals surface area contributed by atoms with Crippen LogP contribution >= 0.6 is 0 Å². The van der Waals surface area contributed by atoms with Gasteiger partial charge in [-0.25, -0.2) is 4.98 Å². The van der Waals surface area contributed by atoms with Crippen LogP contribution in [0.1, 0.15) is 37.1 Å². The van der Waals surface area contributed by atoms with Gasteiger partial charge >= 0.3 is 0 Å². The number of hydrogen-bond acceptors (Lipinski definition) is 4. The Labute approximate surface area is 142 Å². The van der Waals surface area contributed by atoms with E-state index in [0.29, 0.717) is 5.92 Å². The Hall–Kier alpha value is -1.95. The zero-order valence-electron chi connectivity index (χ0n) is 14.1. The minimum absolute atomic E-state index is 0.0519. The molecule has 0 amide bonds. The average molecular weight is 327 g/mol. The fourth-order valence-corrected chi connectivity index (χ4v) is 3.90. The highest BCUT2D eigenvalue weighted by Gasteiger charge is 2.21. The number of rotatable bonds is 4. The Morgan fingerprint density at radius 1 is 1.17 bits per heavy atom. The lowest BCUT2D eigenvalue weighted by Crippen LogP contribution is -2.36. The molecule has 6 heteroatoms. The quantitative estimate of drug-likeness (QED) is 0.857. The first-order valence-corrected chi connectivity index (χ1v) is 9.06. The minimum atomic E-state index is 0.0519. The topological polar surface area (TPSA) is 56.0 Å². The van der Waals surface area contributed by atoms with Gasteiger partial charge in [0.25, 0.3) is 5.56 Å². The Bertz CT molecular complexity index is 718. The lowest BCUT2D eigenvalue weighted by Gasteiger charge is -2.31. The summed E-state index contributed by atoms with van der Waals surface area (Å²) >= 11 is 0. The van der Waals surface area contributed by atoms with E-state index in [1.807, 2.05) is 0 Å². The predicted octanol–water partition coefficient (Wildman–Crippen LogP) is 1.69. The number of piperidine rings is 1. The van der Waals surface area contributed by atoms with Crippen molar-refractivity contribution < 1.29 is 0 Å². The summed E-state index contributed by atoms with van der Waals surface area (Å²) in [5.74, 6) is 0.568. The van der Waals surface area contributed by atoms with Crippen molar-refractivity contribution in [2.24, 2.45) is 5.92 Å². The van der Waals surface area contributed by atoms with Gasteiger partial charge < -0.3 is 0 Å². The standard InChI is InChI=1S/C18H25N5O/c24-18-4-7-19-14-22(18)12-15-5-9-21(10-6-15)13-16-11-17-3-1-2-8-23(17)20-16/h4,7,11,14-15H,1-3,5-6,8-10,12-13H2. The highest BCUT2D eigenvalue weighted by molar-refractivity contribution is 5.12. The lowest BCUT2D eigenvalue weighted by molar-refractivity contribution is 0.164. The van der Waals surface area contributed by atoms with E-state index in [1.54, 1.807) is 17.1 Å². The second kappa shape index (κ2) is 6.89. The van der Waals surface area contributed by atoms with Crippen molar-refractivity contribution in [3.63, 3.8) is 0 Å². The molecule has 128 valence electrons. The summed E-state index contributed by atoms with van der Waals surface area (Å²) in [7, 11) is 0. The molecule has 0 aromatic carbocycles. The van der Waals surface area contributed by atoms with Crippen molar-refractivity contribution in [2.45, 2.75) is 51.7 Å². The molecule has 0 unspecified atom stereocenters. The SMILES string of the molecule is O=c1ccncn1CC1CCN(Cc2cc3n(n2)CCCC3)CC1. The van der Waals surface area contributed by atoms with Gasteiger partial charge in [0, 0.05) is 37.6 Å².